The van der Waals surface area contributed by atoms with Crippen molar-refractivity contribution in [2.75, 3.05) is 7.11 Å². The van der Waals surface area contributed by atoms with Crippen molar-refractivity contribution in [3.05, 3.63) is 71.7 Å². The highest BCUT2D eigenvalue weighted by atomic mass is 16.6. The first-order chi connectivity index (χ1) is 18.0. The summed E-state index contributed by atoms with van der Waals surface area (Å²) < 4.78 is 10.2. The number of rotatable bonds is 13. The molecule has 1 unspecified atom stereocenters. The van der Waals surface area contributed by atoms with Crippen molar-refractivity contribution in [2.24, 2.45) is 0 Å². The molecule has 38 heavy (non-hydrogen) atoms. The first kappa shape index (κ1) is 27.9. The third-order valence-corrected chi connectivity index (χ3v) is 5.72. The minimum atomic E-state index is -2.81. The highest BCUT2D eigenvalue weighted by Crippen LogP contribution is 2.28. The second-order valence-electron chi connectivity index (χ2n) is 8.50. The van der Waals surface area contributed by atoms with Gasteiger partial charge in [0.2, 0.25) is 5.60 Å². The molecule has 12 heteroatoms. The molecule has 0 aliphatic carbocycles. The zero-order chi connectivity index (χ0) is 27.9. The zero-order valence-electron chi connectivity index (χ0n) is 20.6. The Morgan fingerprint density at radius 2 is 1.68 bits per heavy atom. The fourth-order valence-corrected chi connectivity index (χ4v) is 3.76. The van der Waals surface area contributed by atoms with Crippen molar-refractivity contribution >= 4 is 23.9 Å². The van der Waals surface area contributed by atoms with Gasteiger partial charge in [-0.15, -0.1) is 0 Å². The van der Waals surface area contributed by atoms with Gasteiger partial charge < -0.3 is 35.1 Å². The lowest BCUT2D eigenvalue weighted by atomic mass is 9.95. The third kappa shape index (κ3) is 6.73. The van der Waals surface area contributed by atoms with Crippen molar-refractivity contribution in [3.63, 3.8) is 0 Å². The molecule has 0 aliphatic heterocycles. The number of imidazole rings is 1. The van der Waals surface area contributed by atoms with Crippen LogP contribution in [0, 0.1) is 0 Å². The van der Waals surface area contributed by atoms with Crippen LogP contribution in [0.15, 0.2) is 54.7 Å². The normalized spacial score (nSPS) is 11.9. The van der Waals surface area contributed by atoms with E-state index < -0.39 is 42.3 Å². The Kier molecular flexibility index (Phi) is 8.81. The lowest BCUT2D eigenvalue weighted by Crippen LogP contribution is -2.47. The van der Waals surface area contributed by atoms with Gasteiger partial charge in [0.1, 0.15) is 17.1 Å². The topological polar surface area (TPSA) is 188 Å². The summed E-state index contributed by atoms with van der Waals surface area (Å²) in [6.45, 7) is 2.16. The van der Waals surface area contributed by atoms with E-state index in [2.05, 4.69) is 15.3 Å². The minimum Gasteiger partial charge on any atom is -0.496 e. The molecule has 3 aromatic rings. The number of carbonyl (C=O) groups is 4. The van der Waals surface area contributed by atoms with Crippen LogP contribution in [-0.2, 0) is 25.7 Å². The van der Waals surface area contributed by atoms with Gasteiger partial charge in [0.15, 0.2) is 0 Å². The number of carboxylic acids is 3. The van der Waals surface area contributed by atoms with Gasteiger partial charge in [-0.2, -0.15) is 0 Å². The molecule has 5 N–H and O–H groups in total. The van der Waals surface area contributed by atoms with Crippen molar-refractivity contribution < 1.29 is 44.0 Å². The van der Waals surface area contributed by atoms with Crippen molar-refractivity contribution in [2.45, 2.75) is 38.0 Å². The SMILES string of the molecule is COc1ccc(CNC(C)c2nc(-c3ccccc3)c[nH]2)cc1C(=O)OC(CC(=O)O)(CC(=O)O)C(=O)O. The predicted molar refractivity (Wildman–Crippen MR) is 133 cm³/mol. The molecule has 0 amide bonds. The van der Waals surface area contributed by atoms with E-state index >= 15 is 0 Å². The second-order valence-corrected chi connectivity index (χ2v) is 8.50. The van der Waals surface area contributed by atoms with Crippen LogP contribution in [0.25, 0.3) is 11.3 Å². The van der Waals surface area contributed by atoms with E-state index in [0.29, 0.717) is 11.4 Å². The maximum absolute atomic E-state index is 13.0. The summed E-state index contributed by atoms with van der Waals surface area (Å²) >= 11 is 0. The summed E-state index contributed by atoms with van der Waals surface area (Å²) in [5.41, 5.74) is -0.655. The molecule has 0 spiro atoms. The van der Waals surface area contributed by atoms with Gasteiger partial charge in [0, 0.05) is 18.3 Å². The Morgan fingerprint density at radius 1 is 1.03 bits per heavy atom. The lowest BCUT2D eigenvalue weighted by Gasteiger charge is -2.26. The maximum Gasteiger partial charge on any atom is 0.349 e. The number of aromatic nitrogens is 2. The number of aromatic amines is 1. The van der Waals surface area contributed by atoms with E-state index in [1.807, 2.05) is 37.3 Å². The largest absolute Gasteiger partial charge is 0.496 e. The molecular weight excluding hydrogens is 498 g/mol. The van der Waals surface area contributed by atoms with Gasteiger partial charge in [0.05, 0.1) is 31.7 Å². The average molecular weight is 526 g/mol. The van der Waals surface area contributed by atoms with Crippen LogP contribution in [-0.4, -0.2) is 61.9 Å². The zero-order valence-corrected chi connectivity index (χ0v) is 20.6. The molecule has 2 aromatic carbocycles. The smallest absolute Gasteiger partial charge is 0.349 e. The van der Waals surface area contributed by atoms with E-state index in [9.17, 15) is 24.3 Å². The number of carboxylic acid groups (broad SMARTS) is 3. The standard InChI is InChI=1S/C26H27N3O9/c1-15(23-28-14-19(29-23)17-6-4-3-5-7-17)27-13-16-8-9-20(37-2)18(10-16)24(34)38-26(25(35)36,11-21(30)31)12-22(32)33/h3-10,14-15,27H,11-13H2,1-2H3,(H,28,29)(H,30,31)(H,32,33)(H,35,36). The highest BCUT2D eigenvalue weighted by Gasteiger charge is 2.47. The van der Waals surface area contributed by atoms with Gasteiger partial charge in [-0.25, -0.2) is 14.6 Å². The molecule has 1 atom stereocenters. The number of esters is 1. The molecule has 200 valence electrons. The Labute approximate surface area is 217 Å². The monoisotopic (exact) mass is 525 g/mol. The van der Waals surface area contributed by atoms with Gasteiger partial charge in [-0.3, -0.25) is 9.59 Å². The van der Waals surface area contributed by atoms with E-state index in [1.54, 1.807) is 12.3 Å². The number of H-pyrrole nitrogens is 1. The summed E-state index contributed by atoms with van der Waals surface area (Å²) in [6.07, 6.45) is -0.682. The highest BCUT2D eigenvalue weighted by molar-refractivity contribution is 5.97. The van der Waals surface area contributed by atoms with Crippen molar-refractivity contribution in [1.82, 2.24) is 15.3 Å². The average Bonchev–Trinajstić information content (AvgIpc) is 3.37. The summed E-state index contributed by atoms with van der Waals surface area (Å²) in [5, 5.41) is 31.1. The molecule has 0 aliphatic rings. The van der Waals surface area contributed by atoms with Crippen LogP contribution in [0.1, 0.15) is 47.6 Å². The molecule has 0 bridgehead atoms. The van der Waals surface area contributed by atoms with Gasteiger partial charge in [0.25, 0.3) is 0 Å². The van der Waals surface area contributed by atoms with Crippen LogP contribution in [0.2, 0.25) is 0 Å². The van der Waals surface area contributed by atoms with E-state index in [0.717, 1.165) is 11.3 Å². The van der Waals surface area contributed by atoms with Gasteiger partial charge >= 0.3 is 23.9 Å². The number of aliphatic carboxylic acids is 3. The van der Waals surface area contributed by atoms with E-state index in [4.69, 9.17) is 19.7 Å². The number of carbonyl (C=O) groups excluding carboxylic acids is 1. The van der Waals surface area contributed by atoms with Gasteiger partial charge in [-0.1, -0.05) is 36.4 Å². The number of benzene rings is 2. The van der Waals surface area contributed by atoms with Crippen molar-refractivity contribution in [1.29, 1.82) is 0 Å². The molecule has 1 heterocycles. The van der Waals surface area contributed by atoms with Crippen LogP contribution >= 0.6 is 0 Å². The maximum atomic E-state index is 13.0. The molecular formula is C26H27N3O9. The first-order valence-electron chi connectivity index (χ1n) is 11.5. The van der Waals surface area contributed by atoms with Crippen LogP contribution in [0.3, 0.4) is 0 Å². The number of hydrogen-bond acceptors (Lipinski definition) is 8. The first-order valence-corrected chi connectivity index (χ1v) is 11.5. The minimum absolute atomic E-state index is 0.0373. The molecule has 0 saturated heterocycles. The Morgan fingerprint density at radius 3 is 2.26 bits per heavy atom. The van der Waals surface area contributed by atoms with Crippen molar-refractivity contribution in [3.8, 4) is 17.0 Å². The molecule has 0 saturated carbocycles. The number of methoxy groups -OCH3 is 1. The third-order valence-electron chi connectivity index (χ3n) is 5.72. The molecule has 3 rings (SSSR count). The predicted octanol–water partition coefficient (Wildman–Crippen LogP) is 2.87. The lowest BCUT2D eigenvalue weighted by molar-refractivity contribution is -0.171. The number of ether oxygens (including phenoxy) is 2. The van der Waals surface area contributed by atoms with Gasteiger partial charge in [-0.05, 0) is 24.6 Å². The Bertz CT molecular complexity index is 1300. The Hall–Kier alpha value is -4.71. The summed E-state index contributed by atoms with van der Waals surface area (Å²) in [6, 6.07) is 14.0. The van der Waals surface area contributed by atoms with Crippen LogP contribution in [0.5, 0.6) is 5.75 Å². The second kappa shape index (κ2) is 12.0. The molecule has 0 fully saturated rings. The summed E-state index contributed by atoms with van der Waals surface area (Å²) in [7, 11) is 1.28. The fourth-order valence-electron chi connectivity index (χ4n) is 3.76. The quantitative estimate of drug-likeness (QED) is 0.206. The number of nitrogens with one attached hydrogen (secondary N) is 2. The summed E-state index contributed by atoms with van der Waals surface area (Å²) in [5.74, 6) is -5.70. The summed E-state index contributed by atoms with van der Waals surface area (Å²) in [4.78, 5) is 55.1. The van der Waals surface area contributed by atoms with E-state index in [-0.39, 0.29) is 23.9 Å². The van der Waals surface area contributed by atoms with Crippen LogP contribution in [0.4, 0.5) is 0 Å². The number of hydrogen-bond donors (Lipinski definition) is 5. The molecule has 12 nitrogen and oxygen atoms in total. The molecule has 1 aromatic heterocycles. The number of nitrogens with zero attached hydrogens (tertiary/aromatic N) is 1. The van der Waals surface area contributed by atoms with Crippen LogP contribution < -0.4 is 10.1 Å². The molecule has 0 radical (unpaired) electrons. The van der Waals surface area contributed by atoms with E-state index in [1.165, 1.54) is 19.2 Å². The Balaban J connectivity index is 1.78. The fraction of sp³-hybridized carbons (Fsp3) is 0.269.